The zero-order valence-electron chi connectivity index (χ0n) is 16.9. The van der Waals surface area contributed by atoms with E-state index in [1.807, 2.05) is 23.1 Å². The summed E-state index contributed by atoms with van der Waals surface area (Å²) in [6.45, 7) is 2.37. The van der Waals surface area contributed by atoms with Crippen LogP contribution in [0.5, 0.6) is 0 Å². The number of hydrogen-bond acceptors (Lipinski definition) is 6. The van der Waals surface area contributed by atoms with Gasteiger partial charge in [0.05, 0.1) is 24.7 Å². The molecule has 0 aliphatic carbocycles. The van der Waals surface area contributed by atoms with Gasteiger partial charge in [-0.15, -0.1) is 0 Å². The summed E-state index contributed by atoms with van der Waals surface area (Å²) in [5, 5.41) is 13.2. The Balaban J connectivity index is 1.57. The van der Waals surface area contributed by atoms with Crippen molar-refractivity contribution < 1.29 is 9.21 Å². The number of aromatic nitrogens is 2. The average Bonchev–Trinajstić information content (AvgIpc) is 3.42. The number of carbonyl (C=O) groups excluding carboxylic acids is 1. The molecule has 4 rings (SSSR count). The van der Waals surface area contributed by atoms with Crippen molar-refractivity contribution in [2.75, 3.05) is 25.9 Å². The summed E-state index contributed by atoms with van der Waals surface area (Å²) >= 11 is 0. The number of nitrogen functional groups attached to an aromatic ring is 1. The van der Waals surface area contributed by atoms with Crippen molar-refractivity contribution in [2.24, 2.45) is 0 Å². The number of nitriles is 1. The quantitative estimate of drug-likeness (QED) is 0.701. The molecule has 0 radical (unpaired) electrons. The van der Waals surface area contributed by atoms with E-state index in [4.69, 9.17) is 15.4 Å². The molecule has 1 fully saturated rings. The third-order valence-corrected chi connectivity index (χ3v) is 5.58. The molecule has 0 unspecified atom stereocenters. The molecule has 2 N–H and O–H groups in total. The van der Waals surface area contributed by atoms with Gasteiger partial charge in [0.15, 0.2) is 0 Å². The normalized spacial score (nSPS) is 15.1. The van der Waals surface area contributed by atoms with Gasteiger partial charge in [0.1, 0.15) is 23.2 Å². The van der Waals surface area contributed by atoms with Crippen molar-refractivity contribution in [3.05, 3.63) is 65.7 Å². The van der Waals surface area contributed by atoms with Gasteiger partial charge in [0.2, 0.25) is 0 Å². The minimum atomic E-state index is -0.0290. The van der Waals surface area contributed by atoms with E-state index < -0.39 is 0 Å². The summed E-state index contributed by atoms with van der Waals surface area (Å²) < 4.78 is 7.00. The van der Waals surface area contributed by atoms with Crippen LogP contribution in [0.2, 0.25) is 0 Å². The number of likely N-dealkylation sites (tertiary alicyclic amines) is 1. The van der Waals surface area contributed by atoms with Gasteiger partial charge in [-0.2, -0.15) is 10.4 Å². The highest BCUT2D eigenvalue weighted by molar-refractivity contribution is 5.94. The molecular formula is C22H24N6O2. The second-order valence-corrected chi connectivity index (χ2v) is 7.56. The third kappa shape index (κ3) is 3.93. The zero-order chi connectivity index (χ0) is 21.1. The summed E-state index contributed by atoms with van der Waals surface area (Å²) in [7, 11) is 2.10. The maximum Gasteiger partial charge on any atom is 0.254 e. The van der Waals surface area contributed by atoms with Crippen molar-refractivity contribution in [3.8, 4) is 11.8 Å². The average molecular weight is 404 g/mol. The zero-order valence-corrected chi connectivity index (χ0v) is 16.9. The number of piperidine rings is 1. The molecule has 154 valence electrons. The van der Waals surface area contributed by atoms with Crippen molar-refractivity contribution in [3.63, 3.8) is 0 Å². The minimum Gasteiger partial charge on any atom is -0.467 e. The first-order chi connectivity index (χ1) is 14.6. The van der Waals surface area contributed by atoms with Gasteiger partial charge >= 0.3 is 0 Å². The highest BCUT2D eigenvalue weighted by Gasteiger charge is 2.28. The first-order valence-electron chi connectivity index (χ1n) is 9.92. The van der Waals surface area contributed by atoms with Crippen LogP contribution in [-0.2, 0) is 6.54 Å². The Hall–Kier alpha value is -3.57. The maximum absolute atomic E-state index is 13.4. The molecule has 3 heterocycles. The van der Waals surface area contributed by atoms with Crippen LogP contribution in [-0.4, -0.2) is 51.7 Å². The van der Waals surface area contributed by atoms with E-state index >= 15 is 0 Å². The number of benzene rings is 1. The lowest BCUT2D eigenvalue weighted by molar-refractivity contribution is 0.0550. The van der Waals surface area contributed by atoms with Gasteiger partial charge in [0.25, 0.3) is 5.91 Å². The lowest BCUT2D eigenvalue weighted by atomic mass is 10.0. The SMILES string of the molecule is CN1CCC(N(Cc2ccco2)C(=O)c2ccc(-n3ncc(C#N)c3N)cc2)CC1. The van der Waals surface area contributed by atoms with Gasteiger partial charge in [-0.25, -0.2) is 4.68 Å². The first-order valence-corrected chi connectivity index (χ1v) is 9.92. The Bertz CT molecular complexity index is 1040. The van der Waals surface area contributed by atoms with Crippen molar-refractivity contribution in [2.45, 2.75) is 25.4 Å². The Morgan fingerprint density at radius 3 is 2.63 bits per heavy atom. The van der Waals surface area contributed by atoms with Crippen LogP contribution < -0.4 is 5.73 Å². The molecule has 8 heteroatoms. The van der Waals surface area contributed by atoms with Crippen LogP contribution in [0.3, 0.4) is 0 Å². The Kier molecular flexibility index (Phi) is 5.55. The molecule has 0 atom stereocenters. The van der Waals surface area contributed by atoms with Gasteiger partial charge in [-0.05, 0) is 69.4 Å². The summed E-state index contributed by atoms with van der Waals surface area (Å²) in [5.41, 5.74) is 7.58. The number of furan rings is 1. The Labute approximate surface area is 175 Å². The predicted octanol–water partition coefficient (Wildman–Crippen LogP) is 2.66. The number of hydrogen-bond donors (Lipinski definition) is 1. The smallest absolute Gasteiger partial charge is 0.254 e. The van der Waals surface area contributed by atoms with Crippen LogP contribution in [0.15, 0.2) is 53.3 Å². The van der Waals surface area contributed by atoms with E-state index in [1.54, 1.807) is 30.5 Å². The van der Waals surface area contributed by atoms with Crippen LogP contribution >= 0.6 is 0 Å². The van der Waals surface area contributed by atoms with E-state index in [2.05, 4.69) is 17.0 Å². The second kappa shape index (κ2) is 8.43. The van der Waals surface area contributed by atoms with Crippen LogP contribution in [0.25, 0.3) is 5.69 Å². The summed E-state index contributed by atoms with van der Waals surface area (Å²) in [5.74, 6) is 1.02. The molecule has 1 aliphatic rings. The number of nitrogens with zero attached hydrogens (tertiary/aromatic N) is 5. The Morgan fingerprint density at radius 1 is 1.30 bits per heavy atom. The lowest BCUT2D eigenvalue weighted by Gasteiger charge is -2.37. The molecular weight excluding hydrogens is 380 g/mol. The molecule has 1 aliphatic heterocycles. The molecule has 2 aromatic heterocycles. The summed E-state index contributed by atoms with van der Waals surface area (Å²) in [6.07, 6.45) is 4.93. The third-order valence-electron chi connectivity index (χ3n) is 5.58. The van der Waals surface area contributed by atoms with E-state index in [1.165, 1.54) is 10.9 Å². The molecule has 30 heavy (non-hydrogen) atoms. The lowest BCUT2D eigenvalue weighted by Crippen LogP contribution is -2.46. The van der Waals surface area contributed by atoms with Gasteiger partial charge in [-0.1, -0.05) is 0 Å². The van der Waals surface area contributed by atoms with Crippen molar-refractivity contribution in [1.29, 1.82) is 5.26 Å². The highest BCUT2D eigenvalue weighted by Crippen LogP contribution is 2.23. The first kappa shape index (κ1) is 19.7. The van der Waals surface area contributed by atoms with Gasteiger partial charge in [-0.3, -0.25) is 4.79 Å². The molecule has 1 amide bonds. The van der Waals surface area contributed by atoms with Crippen LogP contribution in [0, 0.1) is 11.3 Å². The number of anilines is 1. The number of rotatable bonds is 5. The van der Waals surface area contributed by atoms with Crippen LogP contribution in [0.1, 0.15) is 34.5 Å². The molecule has 0 saturated carbocycles. The van der Waals surface area contributed by atoms with Crippen LogP contribution in [0.4, 0.5) is 5.82 Å². The topological polar surface area (TPSA) is 104 Å². The summed E-state index contributed by atoms with van der Waals surface area (Å²) in [4.78, 5) is 17.6. The van der Waals surface area contributed by atoms with E-state index in [9.17, 15) is 4.79 Å². The molecule has 3 aromatic rings. The fourth-order valence-electron chi connectivity index (χ4n) is 3.80. The van der Waals surface area contributed by atoms with E-state index in [0.717, 1.165) is 31.7 Å². The largest absolute Gasteiger partial charge is 0.467 e. The monoisotopic (exact) mass is 404 g/mol. The molecule has 0 bridgehead atoms. The maximum atomic E-state index is 13.4. The number of amides is 1. The summed E-state index contributed by atoms with van der Waals surface area (Å²) in [6, 6.07) is 13.0. The second-order valence-electron chi connectivity index (χ2n) is 7.56. The fraction of sp³-hybridized carbons (Fsp3) is 0.318. The van der Waals surface area contributed by atoms with Gasteiger partial charge in [0, 0.05) is 11.6 Å². The van der Waals surface area contributed by atoms with Gasteiger partial charge < -0.3 is 20.0 Å². The predicted molar refractivity (Wildman–Crippen MR) is 112 cm³/mol. The molecule has 1 aromatic carbocycles. The minimum absolute atomic E-state index is 0.0290. The fourth-order valence-corrected chi connectivity index (χ4v) is 3.80. The molecule has 1 saturated heterocycles. The van der Waals surface area contributed by atoms with E-state index in [0.29, 0.717) is 23.4 Å². The molecule has 8 nitrogen and oxygen atoms in total. The Morgan fingerprint density at radius 2 is 2.03 bits per heavy atom. The van der Waals surface area contributed by atoms with Crippen molar-refractivity contribution in [1.82, 2.24) is 19.6 Å². The van der Waals surface area contributed by atoms with Crippen molar-refractivity contribution >= 4 is 11.7 Å². The standard InChI is InChI=1S/C22H24N6O2/c1-26-10-8-18(9-11-26)27(15-20-3-2-12-30-20)22(29)16-4-6-19(7-5-16)28-21(24)17(13-23)14-25-28/h2-7,12,14,18H,8-11,15,24H2,1H3. The highest BCUT2D eigenvalue weighted by atomic mass is 16.3. The number of nitrogens with two attached hydrogens (primary N) is 1. The van der Waals surface area contributed by atoms with E-state index in [-0.39, 0.29) is 17.8 Å². The molecule has 0 spiro atoms. The number of carbonyl (C=O) groups is 1.